The molecule has 0 aliphatic carbocycles. The summed E-state index contributed by atoms with van der Waals surface area (Å²) in [6.45, 7) is 1.90. The molecule has 132 valence electrons. The number of rotatable bonds is 4. The lowest BCUT2D eigenvalue weighted by atomic mass is 10.2. The Balaban J connectivity index is 1.91. The SMILES string of the molecule is COc1cc(OC)c(Nc2nc3ccccc3n3c(C)nnc23)cc1Cl. The molecule has 8 heteroatoms. The largest absolute Gasteiger partial charge is 0.495 e. The molecule has 0 saturated heterocycles. The van der Waals surface area contributed by atoms with Crippen molar-refractivity contribution in [1.29, 1.82) is 0 Å². The zero-order valence-corrected chi connectivity index (χ0v) is 15.2. The molecule has 2 aromatic carbocycles. The number of nitrogens with one attached hydrogen (secondary N) is 1. The van der Waals surface area contributed by atoms with Crippen LogP contribution in [0.3, 0.4) is 0 Å². The topological polar surface area (TPSA) is 73.6 Å². The predicted octanol–water partition coefficient (Wildman–Crippen LogP) is 4.00. The minimum atomic E-state index is 0.463. The highest BCUT2D eigenvalue weighted by Gasteiger charge is 2.16. The molecule has 2 heterocycles. The average Bonchev–Trinajstić information content (AvgIpc) is 3.04. The van der Waals surface area contributed by atoms with E-state index < -0.39 is 0 Å². The summed E-state index contributed by atoms with van der Waals surface area (Å²) in [5.41, 5.74) is 3.04. The fourth-order valence-electron chi connectivity index (χ4n) is 2.89. The molecule has 4 rings (SSSR count). The molecule has 0 aliphatic heterocycles. The van der Waals surface area contributed by atoms with E-state index in [0.29, 0.717) is 33.7 Å². The van der Waals surface area contributed by atoms with Gasteiger partial charge in [-0.15, -0.1) is 10.2 Å². The van der Waals surface area contributed by atoms with Crippen LogP contribution in [0, 0.1) is 6.92 Å². The summed E-state index contributed by atoms with van der Waals surface area (Å²) in [4.78, 5) is 4.70. The Morgan fingerprint density at radius 2 is 1.81 bits per heavy atom. The number of methoxy groups -OCH3 is 2. The summed E-state index contributed by atoms with van der Waals surface area (Å²) < 4.78 is 12.7. The Labute approximate surface area is 154 Å². The fourth-order valence-corrected chi connectivity index (χ4v) is 3.13. The number of ether oxygens (including phenoxy) is 2. The molecule has 0 unspecified atom stereocenters. The van der Waals surface area contributed by atoms with Gasteiger partial charge in [-0.1, -0.05) is 23.7 Å². The number of hydrogen-bond donors (Lipinski definition) is 1. The number of nitrogens with zero attached hydrogens (tertiary/aromatic N) is 4. The monoisotopic (exact) mass is 369 g/mol. The third-order valence-electron chi connectivity index (χ3n) is 4.12. The zero-order valence-electron chi connectivity index (χ0n) is 14.4. The van der Waals surface area contributed by atoms with Gasteiger partial charge in [-0.2, -0.15) is 0 Å². The third kappa shape index (κ3) is 2.57. The highest BCUT2D eigenvalue weighted by atomic mass is 35.5. The lowest BCUT2D eigenvalue weighted by Crippen LogP contribution is -2.02. The van der Waals surface area contributed by atoms with Crippen LogP contribution in [0.15, 0.2) is 36.4 Å². The van der Waals surface area contributed by atoms with Gasteiger partial charge >= 0.3 is 0 Å². The maximum atomic E-state index is 6.27. The molecule has 0 radical (unpaired) electrons. The van der Waals surface area contributed by atoms with Crippen molar-refractivity contribution in [2.45, 2.75) is 6.92 Å². The second kappa shape index (κ2) is 6.34. The first kappa shape index (κ1) is 16.4. The summed E-state index contributed by atoms with van der Waals surface area (Å²) in [7, 11) is 3.14. The quantitative estimate of drug-likeness (QED) is 0.586. The summed E-state index contributed by atoms with van der Waals surface area (Å²) in [6, 6.07) is 11.3. The second-order valence-corrected chi connectivity index (χ2v) is 6.07. The summed E-state index contributed by atoms with van der Waals surface area (Å²) in [5.74, 6) is 2.45. The van der Waals surface area contributed by atoms with E-state index in [1.807, 2.05) is 35.6 Å². The highest BCUT2D eigenvalue weighted by Crippen LogP contribution is 2.37. The van der Waals surface area contributed by atoms with E-state index in [9.17, 15) is 0 Å². The molecule has 26 heavy (non-hydrogen) atoms. The third-order valence-corrected chi connectivity index (χ3v) is 4.41. The van der Waals surface area contributed by atoms with Crippen molar-refractivity contribution < 1.29 is 9.47 Å². The molecular formula is C18H16ClN5O2. The van der Waals surface area contributed by atoms with E-state index in [4.69, 9.17) is 26.1 Å². The van der Waals surface area contributed by atoms with Crippen LogP contribution in [-0.2, 0) is 0 Å². The molecule has 1 N–H and O–H groups in total. The van der Waals surface area contributed by atoms with Crippen molar-refractivity contribution in [3.05, 3.63) is 47.2 Å². The van der Waals surface area contributed by atoms with Gasteiger partial charge in [-0.05, 0) is 25.1 Å². The lowest BCUT2D eigenvalue weighted by molar-refractivity contribution is 0.396. The second-order valence-electron chi connectivity index (χ2n) is 5.67. The van der Waals surface area contributed by atoms with Crippen molar-refractivity contribution in [2.75, 3.05) is 19.5 Å². The van der Waals surface area contributed by atoms with Crippen LogP contribution in [0.4, 0.5) is 11.5 Å². The lowest BCUT2D eigenvalue weighted by Gasteiger charge is -2.14. The van der Waals surface area contributed by atoms with Crippen LogP contribution in [0.25, 0.3) is 16.7 Å². The summed E-state index contributed by atoms with van der Waals surface area (Å²) in [5, 5.41) is 12.2. The van der Waals surface area contributed by atoms with Crippen LogP contribution in [0.1, 0.15) is 5.82 Å². The Morgan fingerprint density at radius 3 is 2.58 bits per heavy atom. The fraction of sp³-hybridized carbons (Fsp3) is 0.167. The van der Waals surface area contributed by atoms with Crippen LogP contribution < -0.4 is 14.8 Å². The van der Waals surface area contributed by atoms with Gasteiger partial charge in [0.15, 0.2) is 5.82 Å². The molecule has 7 nitrogen and oxygen atoms in total. The van der Waals surface area contributed by atoms with Gasteiger partial charge < -0.3 is 14.8 Å². The van der Waals surface area contributed by atoms with Crippen LogP contribution in [-0.4, -0.2) is 33.8 Å². The van der Waals surface area contributed by atoms with Crippen LogP contribution >= 0.6 is 11.6 Å². The number of benzene rings is 2. The minimum Gasteiger partial charge on any atom is -0.495 e. The average molecular weight is 370 g/mol. The number of aryl methyl sites for hydroxylation is 1. The van der Waals surface area contributed by atoms with Crippen molar-refractivity contribution in [1.82, 2.24) is 19.6 Å². The molecule has 4 aromatic rings. The molecule has 0 saturated carbocycles. The number of halogens is 1. The van der Waals surface area contributed by atoms with Crippen molar-refractivity contribution in [3.8, 4) is 11.5 Å². The van der Waals surface area contributed by atoms with E-state index >= 15 is 0 Å². The van der Waals surface area contributed by atoms with E-state index in [1.165, 1.54) is 0 Å². The van der Waals surface area contributed by atoms with Crippen molar-refractivity contribution in [3.63, 3.8) is 0 Å². The van der Waals surface area contributed by atoms with E-state index in [0.717, 1.165) is 16.9 Å². The number of fused-ring (bicyclic) bond motifs is 3. The van der Waals surface area contributed by atoms with Crippen molar-refractivity contribution >= 4 is 39.8 Å². The maximum Gasteiger partial charge on any atom is 0.204 e. The van der Waals surface area contributed by atoms with E-state index in [-0.39, 0.29) is 0 Å². The van der Waals surface area contributed by atoms with Gasteiger partial charge in [-0.25, -0.2) is 4.98 Å². The number of aromatic nitrogens is 4. The molecule has 0 amide bonds. The number of para-hydroxylation sites is 2. The van der Waals surface area contributed by atoms with Gasteiger partial charge in [0.1, 0.15) is 17.3 Å². The minimum absolute atomic E-state index is 0.463. The zero-order chi connectivity index (χ0) is 18.3. The normalized spacial score (nSPS) is 11.1. The van der Waals surface area contributed by atoms with Crippen LogP contribution in [0.2, 0.25) is 5.02 Å². The highest BCUT2D eigenvalue weighted by molar-refractivity contribution is 6.32. The number of anilines is 2. The predicted molar refractivity (Wildman–Crippen MR) is 101 cm³/mol. The Morgan fingerprint density at radius 1 is 1.04 bits per heavy atom. The molecular weight excluding hydrogens is 354 g/mol. The van der Waals surface area contributed by atoms with Crippen molar-refractivity contribution in [2.24, 2.45) is 0 Å². The Hall–Kier alpha value is -3.06. The standard InChI is InChI=1S/C18H16ClN5O2/c1-10-22-23-18-17(20-12-6-4-5-7-14(12)24(10)18)21-13-8-11(19)15(25-2)9-16(13)26-3/h4-9H,1-3H3,(H,20,21). The first-order chi connectivity index (χ1) is 12.6. The number of hydrogen-bond acceptors (Lipinski definition) is 6. The molecule has 0 aliphatic rings. The summed E-state index contributed by atoms with van der Waals surface area (Å²) in [6.07, 6.45) is 0. The smallest absolute Gasteiger partial charge is 0.204 e. The van der Waals surface area contributed by atoms with Gasteiger partial charge in [0, 0.05) is 6.07 Å². The van der Waals surface area contributed by atoms with Gasteiger partial charge in [0.25, 0.3) is 0 Å². The van der Waals surface area contributed by atoms with Crippen LogP contribution in [0.5, 0.6) is 11.5 Å². The maximum absolute atomic E-state index is 6.27. The molecule has 0 spiro atoms. The van der Waals surface area contributed by atoms with E-state index in [1.54, 1.807) is 26.4 Å². The summed E-state index contributed by atoms with van der Waals surface area (Å²) >= 11 is 6.27. The van der Waals surface area contributed by atoms with E-state index in [2.05, 4.69) is 15.5 Å². The van der Waals surface area contributed by atoms with Gasteiger partial charge in [-0.3, -0.25) is 4.40 Å². The molecule has 0 atom stereocenters. The Bertz CT molecular complexity index is 1130. The molecule has 0 bridgehead atoms. The first-order valence-electron chi connectivity index (χ1n) is 7.91. The van der Waals surface area contributed by atoms with Gasteiger partial charge in [0.2, 0.25) is 5.65 Å². The first-order valence-corrected chi connectivity index (χ1v) is 8.29. The van der Waals surface area contributed by atoms with Gasteiger partial charge in [0.05, 0.1) is 36.0 Å². The molecule has 0 fully saturated rings. The Kier molecular flexibility index (Phi) is 4.00. The molecule has 2 aromatic heterocycles.